The number of aryl methyl sites for hydroxylation is 3. The molecule has 0 spiro atoms. The van der Waals surface area contributed by atoms with Gasteiger partial charge in [-0.2, -0.15) is 5.10 Å². The van der Waals surface area contributed by atoms with E-state index < -0.39 is 5.60 Å². The third-order valence-electron chi connectivity index (χ3n) is 7.21. The van der Waals surface area contributed by atoms with Gasteiger partial charge >= 0.3 is 0 Å². The van der Waals surface area contributed by atoms with Crippen molar-refractivity contribution in [1.29, 1.82) is 0 Å². The highest BCUT2D eigenvalue weighted by Crippen LogP contribution is 2.40. The minimum Gasteiger partial charge on any atom is -0.383 e. The predicted molar refractivity (Wildman–Crippen MR) is 135 cm³/mol. The monoisotopic (exact) mass is 482 g/mol. The van der Waals surface area contributed by atoms with Gasteiger partial charge in [-0.15, -0.1) is 11.3 Å². The summed E-state index contributed by atoms with van der Waals surface area (Å²) in [4.78, 5) is 20.6. The van der Waals surface area contributed by atoms with Crippen molar-refractivity contribution in [3.05, 3.63) is 39.8 Å². The molecule has 9 heteroatoms. The van der Waals surface area contributed by atoms with Crippen molar-refractivity contribution in [3.8, 4) is 0 Å². The van der Waals surface area contributed by atoms with Crippen LogP contribution < -0.4 is 10.6 Å². The second kappa shape index (κ2) is 9.28. The molecule has 182 valence electrons. The molecule has 1 aliphatic carbocycles. The first-order chi connectivity index (χ1) is 16.3. The maximum atomic E-state index is 12.6. The van der Waals surface area contributed by atoms with Gasteiger partial charge in [0.05, 0.1) is 18.1 Å². The van der Waals surface area contributed by atoms with Crippen molar-refractivity contribution in [3.63, 3.8) is 0 Å². The van der Waals surface area contributed by atoms with Crippen LogP contribution in [0.2, 0.25) is 0 Å². The quantitative estimate of drug-likeness (QED) is 0.479. The lowest BCUT2D eigenvalue weighted by molar-refractivity contribution is -0.121. The summed E-state index contributed by atoms with van der Waals surface area (Å²) in [5.74, 6) is 0.754. The average molecular weight is 483 g/mol. The number of nitrogens with zero attached hydrogens (tertiary/aromatic N) is 4. The number of anilines is 1. The van der Waals surface area contributed by atoms with Crippen molar-refractivity contribution in [2.75, 3.05) is 25.0 Å². The molecule has 1 aromatic carbocycles. The molecule has 0 unspecified atom stereocenters. The van der Waals surface area contributed by atoms with Crippen molar-refractivity contribution in [1.82, 2.24) is 25.0 Å². The maximum absolute atomic E-state index is 12.6. The van der Waals surface area contributed by atoms with Crippen LogP contribution in [-0.2, 0) is 16.9 Å². The van der Waals surface area contributed by atoms with E-state index in [0.29, 0.717) is 6.04 Å². The first-order valence-corrected chi connectivity index (χ1v) is 13.1. The number of aliphatic hydroxyl groups is 1. The number of hydrogen-bond acceptors (Lipinski definition) is 7. The molecule has 3 aromatic rings. The molecule has 1 saturated heterocycles. The van der Waals surface area contributed by atoms with Crippen molar-refractivity contribution >= 4 is 34.0 Å². The third kappa shape index (κ3) is 4.56. The number of benzene rings is 1. The Morgan fingerprint density at radius 2 is 2.03 bits per heavy atom. The molecule has 3 heterocycles. The van der Waals surface area contributed by atoms with Crippen molar-refractivity contribution in [2.24, 2.45) is 0 Å². The second-order valence-electron chi connectivity index (χ2n) is 9.80. The lowest BCUT2D eigenvalue weighted by Gasteiger charge is -2.47. The number of rotatable bonds is 7. The van der Waals surface area contributed by atoms with E-state index in [2.05, 4.69) is 57.7 Å². The Hall–Kier alpha value is -2.49. The highest BCUT2D eigenvalue weighted by atomic mass is 32.1. The molecule has 0 bridgehead atoms. The molecular formula is C25H34N6O2S. The van der Waals surface area contributed by atoms with Crippen LogP contribution in [0.15, 0.2) is 24.4 Å². The molecule has 2 aromatic heterocycles. The first kappa shape index (κ1) is 23.3. The van der Waals surface area contributed by atoms with Gasteiger partial charge < -0.3 is 15.7 Å². The van der Waals surface area contributed by atoms with E-state index in [1.54, 1.807) is 11.3 Å². The van der Waals surface area contributed by atoms with Crippen LogP contribution in [0.25, 0.3) is 10.9 Å². The van der Waals surface area contributed by atoms with Crippen LogP contribution in [0.1, 0.15) is 48.1 Å². The number of carbonyl (C=O) groups excluding carboxylic acids is 1. The van der Waals surface area contributed by atoms with Gasteiger partial charge in [0.15, 0.2) is 5.82 Å². The Kier molecular flexibility index (Phi) is 6.35. The van der Waals surface area contributed by atoms with Gasteiger partial charge in [-0.3, -0.25) is 14.4 Å². The van der Waals surface area contributed by atoms with Gasteiger partial charge in [-0.1, -0.05) is 11.6 Å². The fourth-order valence-corrected chi connectivity index (χ4v) is 6.15. The van der Waals surface area contributed by atoms with Crippen molar-refractivity contribution < 1.29 is 9.90 Å². The SMILES string of the molecule is CCn1nc(NCC(=O)NC2CN(C3CCC(O)(c4ncc(C)s4)CC3)C2)c2cc(C)ccc21. The highest BCUT2D eigenvalue weighted by Gasteiger charge is 2.41. The number of amides is 1. The summed E-state index contributed by atoms with van der Waals surface area (Å²) < 4.78 is 1.96. The lowest BCUT2D eigenvalue weighted by atomic mass is 9.81. The summed E-state index contributed by atoms with van der Waals surface area (Å²) in [6.45, 7) is 8.90. The fraction of sp³-hybridized carbons (Fsp3) is 0.560. The van der Waals surface area contributed by atoms with Gasteiger partial charge in [-0.05, 0) is 58.6 Å². The molecule has 8 nitrogen and oxygen atoms in total. The van der Waals surface area contributed by atoms with E-state index in [0.717, 1.165) is 71.9 Å². The minimum atomic E-state index is -0.771. The van der Waals surface area contributed by atoms with E-state index >= 15 is 0 Å². The third-order valence-corrected chi connectivity index (χ3v) is 8.32. The number of likely N-dealkylation sites (tertiary alicyclic amines) is 1. The molecule has 2 aliphatic rings. The number of thiazole rings is 1. The van der Waals surface area contributed by atoms with Crippen LogP contribution in [0.5, 0.6) is 0 Å². The van der Waals surface area contributed by atoms with Gasteiger partial charge in [0.25, 0.3) is 0 Å². The molecule has 5 rings (SSSR count). The maximum Gasteiger partial charge on any atom is 0.239 e. The van der Waals surface area contributed by atoms with Gasteiger partial charge in [-0.25, -0.2) is 4.98 Å². The minimum absolute atomic E-state index is 0.00587. The molecule has 1 aliphatic heterocycles. The molecule has 0 atom stereocenters. The summed E-state index contributed by atoms with van der Waals surface area (Å²) in [7, 11) is 0. The first-order valence-electron chi connectivity index (χ1n) is 12.2. The number of aromatic nitrogens is 3. The topological polar surface area (TPSA) is 95.3 Å². The van der Waals surface area contributed by atoms with Gasteiger partial charge in [0.1, 0.15) is 10.6 Å². The molecule has 1 saturated carbocycles. The van der Waals surface area contributed by atoms with E-state index in [9.17, 15) is 9.90 Å². The van der Waals surface area contributed by atoms with Gasteiger partial charge in [0, 0.05) is 42.1 Å². The largest absolute Gasteiger partial charge is 0.383 e. The van der Waals surface area contributed by atoms with Crippen LogP contribution >= 0.6 is 11.3 Å². The smallest absolute Gasteiger partial charge is 0.239 e. The number of hydrogen-bond donors (Lipinski definition) is 3. The zero-order chi connectivity index (χ0) is 23.9. The van der Waals surface area contributed by atoms with E-state index in [1.807, 2.05) is 17.8 Å². The normalized spacial score (nSPS) is 23.7. The number of carbonyl (C=O) groups is 1. The molecule has 0 radical (unpaired) electrons. The van der Waals surface area contributed by atoms with Crippen LogP contribution in [0.3, 0.4) is 0 Å². The highest BCUT2D eigenvalue weighted by molar-refractivity contribution is 7.11. The molecular weight excluding hydrogens is 448 g/mol. The molecule has 3 N–H and O–H groups in total. The van der Waals surface area contributed by atoms with Crippen molar-refractivity contribution in [2.45, 2.75) is 70.7 Å². The Bertz CT molecular complexity index is 1170. The second-order valence-corrected chi connectivity index (χ2v) is 11.0. The number of fused-ring (bicyclic) bond motifs is 1. The summed E-state index contributed by atoms with van der Waals surface area (Å²) >= 11 is 1.60. The van der Waals surface area contributed by atoms with Crippen LogP contribution in [-0.4, -0.2) is 62.4 Å². The Morgan fingerprint density at radius 1 is 1.26 bits per heavy atom. The summed E-state index contributed by atoms with van der Waals surface area (Å²) in [5.41, 5.74) is 1.48. The fourth-order valence-electron chi connectivity index (χ4n) is 5.24. The molecule has 2 fully saturated rings. The predicted octanol–water partition coefficient (Wildman–Crippen LogP) is 3.17. The van der Waals surface area contributed by atoms with E-state index in [1.165, 1.54) is 5.56 Å². The Labute approximate surface area is 204 Å². The summed E-state index contributed by atoms with van der Waals surface area (Å²) in [6, 6.07) is 6.94. The lowest BCUT2D eigenvalue weighted by Crippen LogP contribution is -2.63. The zero-order valence-corrected chi connectivity index (χ0v) is 21.0. The summed E-state index contributed by atoms with van der Waals surface area (Å²) in [5, 5.41) is 24.0. The number of nitrogens with one attached hydrogen (secondary N) is 2. The average Bonchev–Trinajstić information content (AvgIpc) is 3.39. The van der Waals surface area contributed by atoms with Crippen LogP contribution in [0.4, 0.5) is 5.82 Å². The summed E-state index contributed by atoms with van der Waals surface area (Å²) in [6.07, 6.45) is 5.27. The van der Waals surface area contributed by atoms with E-state index in [-0.39, 0.29) is 18.5 Å². The standard InChI is InChI=1S/C25H34N6O2S/c1-4-31-21-6-5-16(2)11-20(21)23(29-31)26-13-22(32)28-18-14-30(15-18)19-7-9-25(33,10-8-19)24-27-12-17(3)34-24/h5-6,11-12,18-19,33H,4,7-10,13-15H2,1-3H3,(H,26,29)(H,28,32). The van der Waals surface area contributed by atoms with E-state index in [4.69, 9.17) is 0 Å². The Morgan fingerprint density at radius 3 is 2.71 bits per heavy atom. The van der Waals surface area contributed by atoms with Gasteiger partial charge in [0.2, 0.25) is 5.91 Å². The molecule has 1 amide bonds. The zero-order valence-electron chi connectivity index (χ0n) is 20.2. The van der Waals surface area contributed by atoms with Crippen LogP contribution in [0, 0.1) is 13.8 Å². The Balaban J connectivity index is 1.08. The molecule has 34 heavy (non-hydrogen) atoms.